The van der Waals surface area contributed by atoms with Crippen LogP contribution in [0.15, 0.2) is 0 Å². The van der Waals surface area contributed by atoms with Crippen molar-refractivity contribution in [1.29, 1.82) is 0 Å². The number of nitrogens with zero attached hydrogens (tertiary/aromatic N) is 1. The molecule has 0 bridgehead atoms. The van der Waals surface area contributed by atoms with Crippen LogP contribution in [-0.2, 0) is 10.1 Å². The highest BCUT2D eigenvalue weighted by molar-refractivity contribution is 7.86. The van der Waals surface area contributed by atoms with E-state index in [1.165, 1.54) is 77.7 Å². The second kappa shape index (κ2) is 17.6. The predicted octanol–water partition coefficient (Wildman–Crippen LogP) is 4.11. The zero-order valence-corrected chi connectivity index (χ0v) is 17.2. The molecule has 0 saturated carbocycles. The second-order valence-electron chi connectivity index (χ2n) is 6.82. The van der Waals surface area contributed by atoms with E-state index >= 15 is 0 Å². The molecule has 5 nitrogen and oxygen atoms in total. The molecule has 1 unspecified atom stereocenters. The van der Waals surface area contributed by atoms with Crippen molar-refractivity contribution in [2.45, 2.75) is 89.7 Å². The van der Waals surface area contributed by atoms with Gasteiger partial charge in [0.2, 0.25) is 0 Å². The molecule has 0 aliphatic rings. The van der Waals surface area contributed by atoms with E-state index in [2.05, 4.69) is 25.9 Å². The van der Waals surface area contributed by atoms with Crippen molar-refractivity contribution in [3.8, 4) is 0 Å². The lowest BCUT2D eigenvalue weighted by Gasteiger charge is -2.08. The highest BCUT2D eigenvalue weighted by Gasteiger charge is 2.15. The summed E-state index contributed by atoms with van der Waals surface area (Å²) < 4.78 is 28.6. The molecule has 0 aliphatic carbocycles. The monoisotopic (exact) mass is 367 g/mol. The van der Waals surface area contributed by atoms with E-state index < -0.39 is 15.4 Å². The fraction of sp³-hybridized carbons (Fsp3) is 1.00. The Kier molecular flexibility index (Phi) is 19.2. The topological polar surface area (TPSA) is 77.8 Å². The Morgan fingerprint density at radius 3 is 1.58 bits per heavy atom. The van der Waals surface area contributed by atoms with Gasteiger partial charge in [0.25, 0.3) is 10.1 Å². The minimum Gasteiger partial charge on any atom is -0.396 e. The van der Waals surface area contributed by atoms with Crippen LogP contribution in [0, 0.1) is 0 Å². The predicted molar refractivity (Wildman–Crippen MR) is 103 cm³/mol. The number of unbranched alkanes of at least 4 members (excludes halogenated alkanes) is 9. The molecule has 0 fully saturated rings. The summed E-state index contributed by atoms with van der Waals surface area (Å²) in [6, 6.07) is 0. The summed E-state index contributed by atoms with van der Waals surface area (Å²) in [5.41, 5.74) is 0. The van der Waals surface area contributed by atoms with Gasteiger partial charge in [-0.3, -0.25) is 4.55 Å². The summed E-state index contributed by atoms with van der Waals surface area (Å²) in [7, 11) is 0.396. The van der Waals surface area contributed by atoms with Crippen LogP contribution >= 0.6 is 0 Å². The van der Waals surface area contributed by atoms with Gasteiger partial charge >= 0.3 is 0 Å². The summed E-state index contributed by atoms with van der Waals surface area (Å²) in [6.45, 7) is 4.66. The summed E-state index contributed by atoms with van der Waals surface area (Å²) in [6.07, 6.45) is 14.4. The first-order valence-electron chi connectivity index (χ1n) is 9.47. The lowest BCUT2D eigenvalue weighted by Crippen LogP contribution is -2.17. The van der Waals surface area contributed by atoms with Crippen molar-refractivity contribution >= 4 is 10.1 Å². The number of aliphatic hydroxyl groups excluding tert-OH is 1. The maximum Gasteiger partial charge on any atom is 0.267 e. The van der Waals surface area contributed by atoms with Gasteiger partial charge in [-0.25, -0.2) is 0 Å². The first-order chi connectivity index (χ1) is 11.3. The molecule has 0 amide bonds. The molecular weight excluding hydrogens is 326 g/mol. The highest BCUT2D eigenvalue weighted by atomic mass is 32.2. The Bertz CT molecular complexity index is 345. The van der Waals surface area contributed by atoms with Crippen LogP contribution in [0.2, 0.25) is 0 Å². The third-order valence-corrected chi connectivity index (χ3v) is 5.26. The Balaban J connectivity index is 0. The van der Waals surface area contributed by atoms with Gasteiger partial charge in [-0.15, -0.1) is 0 Å². The van der Waals surface area contributed by atoms with Gasteiger partial charge in [0.1, 0.15) is 0 Å². The van der Waals surface area contributed by atoms with Crippen LogP contribution in [0.3, 0.4) is 0 Å². The first kappa shape index (κ1) is 26.1. The SMILES string of the molecule is CC(CCO)S(=O)(=O)O.CCCCCCCCCCCCN(C)C. The quantitative estimate of drug-likeness (QED) is 0.357. The Hall–Kier alpha value is -0.170. The molecule has 6 heteroatoms. The molecule has 0 saturated heterocycles. The summed E-state index contributed by atoms with van der Waals surface area (Å²) in [5, 5.41) is 7.37. The smallest absolute Gasteiger partial charge is 0.267 e. The molecule has 0 aromatic carbocycles. The van der Waals surface area contributed by atoms with Gasteiger partial charge in [-0.1, -0.05) is 64.7 Å². The van der Waals surface area contributed by atoms with Crippen LogP contribution in [0.25, 0.3) is 0 Å². The van der Waals surface area contributed by atoms with Crippen molar-refractivity contribution in [3.63, 3.8) is 0 Å². The van der Waals surface area contributed by atoms with Crippen LogP contribution in [-0.4, -0.2) is 55.5 Å². The average Bonchev–Trinajstić information content (AvgIpc) is 2.49. The van der Waals surface area contributed by atoms with Crippen molar-refractivity contribution in [2.24, 2.45) is 0 Å². The van der Waals surface area contributed by atoms with Crippen LogP contribution in [0.4, 0.5) is 0 Å². The number of aliphatic hydroxyl groups is 1. The van der Waals surface area contributed by atoms with E-state index in [0.717, 1.165) is 0 Å². The number of rotatable bonds is 14. The average molecular weight is 368 g/mol. The van der Waals surface area contributed by atoms with Crippen LogP contribution in [0.5, 0.6) is 0 Å². The Labute approximate surface area is 150 Å². The molecule has 0 heterocycles. The maximum absolute atomic E-state index is 10.2. The largest absolute Gasteiger partial charge is 0.396 e. The molecule has 1 atom stereocenters. The van der Waals surface area contributed by atoms with Crippen molar-refractivity contribution in [1.82, 2.24) is 4.90 Å². The molecule has 0 aromatic heterocycles. The lowest BCUT2D eigenvalue weighted by molar-refractivity contribution is 0.284. The van der Waals surface area contributed by atoms with Crippen LogP contribution in [0.1, 0.15) is 84.5 Å². The van der Waals surface area contributed by atoms with E-state index in [0.29, 0.717) is 0 Å². The minimum atomic E-state index is -3.92. The fourth-order valence-corrected chi connectivity index (χ4v) is 2.65. The molecule has 0 rings (SSSR count). The van der Waals surface area contributed by atoms with Gasteiger partial charge < -0.3 is 10.0 Å². The van der Waals surface area contributed by atoms with Gasteiger partial charge in [-0.2, -0.15) is 8.42 Å². The van der Waals surface area contributed by atoms with E-state index in [4.69, 9.17) is 9.66 Å². The summed E-state index contributed by atoms with van der Waals surface area (Å²) in [5.74, 6) is 0. The molecule has 0 spiro atoms. The minimum absolute atomic E-state index is 0.0822. The third kappa shape index (κ3) is 21.8. The number of hydrogen-bond donors (Lipinski definition) is 2. The maximum atomic E-state index is 10.2. The molecule has 2 N–H and O–H groups in total. The highest BCUT2D eigenvalue weighted by Crippen LogP contribution is 2.10. The molecular formula is C18H41NO4S. The van der Waals surface area contributed by atoms with Gasteiger partial charge in [0, 0.05) is 6.61 Å². The molecule has 24 heavy (non-hydrogen) atoms. The summed E-state index contributed by atoms with van der Waals surface area (Å²) in [4.78, 5) is 2.28. The van der Waals surface area contributed by atoms with E-state index in [9.17, 15) is 8.42 Å². The second-order valence-corrected chi connectivity index (χ2v) is 8.66. The Morgan fingerprint density at radius 2 is 1.29 bits per heavy atom. The molecule has 0 aromatic rings. The fourth-order valence-electron chi connectivity index (χ4n) is 2.25. The first-order valence-corrected chi connectivity index (χ1v) is 11.0. The third-order valence-electron chi connectivity index (χ3n) is 4.00. The lowest BCUT2D eigenvalue weighted by atomic mass is 10.1. The van der Waals surface area contributed by atoms with Gasteiger partial charge in [0.15, 0.2) is 0 Å². The zero-order chi connectivity index (χ0) is 18.8. The molecule has 0 aliphatic heterocycles. The van der Waals surface area contributed by atoms with Gasteiger partial charge in [0.05, 0.1) is 5.25 Å². The Morgan fingerprint density at radius 1 is 0.875 bits per heavy atom. The van der Waals surface area contributed by atoms with E-state index in [1.807, 2.05) is 0 Å². The standard InChI is InChI=1S/C14H31N.C4H10O4S/c1-4-5-6-7-8-9-10-11-12-13-14-15(2)3;1-4(2-3-5)9(6,7)8/h4-14H2,1-3H3;4-5H,2-3H2,1H3,(H,6,7,8). The zero-order valence-electron chi connectivity index (χ0n) is 16.3. The van der Waals surface area contributed by atoms with Gasteiger partial charge in [-0.05, 0) is 40.4 Å². The van der Waals surface area contributed by atoms with Crippen molar-refractivity contribution in [2.75, 3.05) is 27.2 Å². The van der Waals surface area contributed by atoms with Crippen LogP contribution < -0.4 is 0 Å². The molecule has 0 radical (unpaired) electrons. The van der Waals surface area contributed by atoms with E-state index in [-0.39, 0.29) is 13.0 Å². The van der Waals surface area contributed by atoms with Crippen molar-refractivity contribution < 1.29 is 18.1 Å². The number of hydrogen-bond acceptors (Lipinski definition) is 4. The van der Waals surface area contributed by atoms with E-state index in [1.54, 1.807) is 0 Å². The molecule has 148 valence electrons. The van der Waals surface area contributed by atoms with Crippen molar-refractivity contribution in [3.05, 3.63) is 0 Å². The normalized spacial score (nSPS) is 12.8. The summed E-state index contributed by atoms with van der Waals surface area (Å²) >= 11 is 0.